The van der Waals surface area contributed by atoms with Crippen LogP contribution in [0.15, 0.2) is 52.9 Å². The number of carbonyl (C=O) groups is 2. The van der Waals surface area contributed by atoms with Gasteiger partial charge in [-0.15, -0.1) is 11.3 Å². The van der Waals surface area contributed by atoms with Crippen LogP contribution in [0, 0.1) is 6.92 Å². The highest BCUT2D eigenvalue weighted by Gasteiger charge is 2.13. The number of aromatic nitrogens is 2. The maximum atomic E-state index is 11.8. The van der Waals surface area contributed by atoms with Crippen molar-refractivity contribution in [2.24, 2.45) is 5.10 Å². The minimum atomic E-state index is -0.444. The first-order valence-corrected chi connectivity index (χ1v) is 9.26. The van der Waals surface area contributed by atoms with E-state index in [1.807, 2.05) is 30.3 Å². The van der Waals surface area contributed by atoms with Crippen LogP contribution >= 0.6 is 22.9 Å². The Balaban J connectivity index is 1.59. The third kappa shape index (κ3) is 4.60. The van der Waals surface area contributed by atoms with Gasteiger partial charge >= 0.3 is 0 Å². The molecule has 138 valence electrons. The van der Waals surface area contributed by atoms with Crippen LogP contribution in [0.3, 0.4) is 0 Å². The van der Waals surface area contributed by atoms with E-state index in [9.17, 15) is 9.59 Å². The first-order valence-electron chi connectivity index (χ1n) is 8.00. The lowest BCUT2D eigenvalue weighted by Crippen LogP contribution is -2.34. The molecule has 2 heterocycles. The molecule has 0 radical (unpaired) electrons. The highest BCUT2D eigenvalue weighted by molar-refractivity contribution is 7.12. The van der Waals surface area contributed by atoms with Gasteiger partial charge < -0.3 is 5.32 Å². The van der Waals surface area contributed by atoms with Gasteiger partial charge in [0, 0.05) is 0 Å². The van der Waals surface area contributed by atoms with E-state index in [2.05, 4.69) is 20.9 Å². The molecule has 0 spiro atoms. The second kappa shape index (κ2) is 8.61. The molecule has 0 saturated carbocycles. The molecule has 3 aromatic rings. The Morgan fingerprint density at radius 3 is 2.74 bits per heavy atom. The van der Waals surface area contributed by atoms with Gasteiger partial charge in [0.25, 0.3) is 11.8 Å². The smallest absolute Gasteiger partial charge is 0.261 e. The van der Waals surface area contributed by atoms with Crippen LogP contribution in [0.25, 0.3) is 5.69 Å². The predicted octanol–water partition coefficient (Wildman–Crippen LogP) is 2.78. The summed E-state index contributed by atoms with van der Waals surface area (Å²) < 4.78 is 1.60. The van der Waals surface area contributed by atoms with Crippen molar-refractivity contribution in [1.82, 2.24) is 20.5 Å². The number of halogens is 1. The number of carbonyl (C=O) groups excluding carboxylic acids is 2. The van der Waals surface area contributed by atoms with Gasteiger partial charge in [-0.25, -0.2) is 10.1 Å². The van der Waals surface area contributed by atoms with E-state index < -0.39 is 5.91 Å². The number of nitrogens with zero attached hydrogens (tertiary/aromatic N) is 3. The van der Waals surface area contributed by atoms with E-state index >= 15 is 0 Å². The zero-order valence-electron chi connectivity index (χ0n) is 14.3. The van der Waals surface area contributed by atoms with E-state index in [1.54, 1.807) is 29.1 Å². The number of aryl methyl sites for hydroxylation is 1. The van der Waals surface area contributed by atoms with E-state index in [4.69, 9.17) is 11.6 Å². The van der Waals surface area contributed by atoms with Gasteiger partial charge in [-0.2, -0.15) is 10.2 Å². The molecule has 27 heavy (non-hydrogen) atoms. The molecule has 3 rings (SSSR count). The molecule has 2 amide bonds. The molecule has 0 fully saturated rings. The maximum Gasteiger partial charge on any atom is 0.261 e. The monoisotopic (exact) mass is 401 g/mol. The predicted molar refractivity (Wildman–Crippen MR) is 106 cm³/mol. The second-order valence-electron chi connectivity index (χ2n) is 5.49. The van der Waals surface area contributed by atoms with Crippen LogP contribution < -0.4 is 10.7 Å². The topological polar surface area (TPSA) is 88.4 Å². The molecule has 0 saturated heterocycles. The lowest BCUT2D eigenvalue weighted by Gasteiger charge is -2.02. The van der Waals surface area contributed by atoms with Gasteiger partial charge in [-0.05, 0) is 30.5 Å². The number of amides is 2. The van der Waals surface area contributed by atoms with E-state index in [-0.39, 0.29) is 12.5 Å². The van der Waals surface area contributed by atoms with Crippen molar-refractivity contribution in [3.63, 3.8) is 0 Å². The molecule has 0 aliphatic rings. The summed E-state index contributed by atoms with van der Waals surface area (Å²) in [5.74, 6) is -0.743. The quantitative estimate of drug-likeness (QED) is 0.491. The van der Waals surface area contributed by atoms with Gasteiger partial charge in [0.15, 0.2) is 0 Å². The molecule has 0 atom stereocenters. The fourth-order valence-electron chi connectivity index (χ4n) is 2.26. The number of benzene rings is 1. The summed E-state index contributed by atoms with van der Waals surface area (Å²) in [6.45, 7) is 1.62. The Kier molecular flexibility index (Phi) is 6.00. The van der Waals surface area contributed by atoms with Crippen LogP contribution in [0.2, 0.25) is 5.15 Å². The molecule has 2 N–H and O–H groups in total. The van der Waals surface area contributed by atoms with Crippen LogP contribution in [0.4, 0.5) is 0 Å². The largest absolute Gasteiger partial charge is 0.342 e. The van der Waals surface area contributed by atoms with E-state index in [0.29, 0.717) is 21.3 Å². The molecular weight excluding hydrogens is 386 g/mol. The minimum absolute atomic E-state index is 0.177. The van der Waals surface area contributed by atoms with Gasteiger partial charge in [0.05, 0.1) is 34.6 Å². The zero-order chi connectivity index (χ0) is 19.2. The van der Waals surface area contributed by atoms with Crippen LogP contribution in [0.1, 0.15) is 20.9 Å². The summed E-state index contributed by atoms with van der Waals surface area (Å²) >= 11 is 7.68. The number of nitrogens with one attached hydrogen (secondary N) is 2. The Bertz CT molecular complexity index is 967. The summed E-state index contributed by atoms with van der Waals surface area (Å²) in [5, 5.41) is 13.0. The third-order valence-corrected chi connectivity index (χ3v) is 4.82. The number of rotatable bonds is 6. The fourth-order valence-corrected chi connectivity index (χ4v) is 3.22. The fraction of sp³-hybridized carbons (Fsp3) is 0.111. The minimum Gasteiger partial charge on any atom is -0.342 e. The maximum absolute atomic E-state index is 11.8. The number of hydrazone groups is 1. The Hall–Kier alpha value is -2.97. The number of hydrogen-bond donors (Lipinski definition) is 2. The molecule has 0 aliphatic heterocycles. The summed E-state index contributed by atoms with van der Waals surface area (Å²) in [7, 11) is 0. The molecule has 7 nitrogen and oxygen atoms in total. The first kappa shape index (κ1) is 18.8. The number of hydrogen-bond acceptors (Lipinski definition) is 5. The summed E-state index contributed by atoms with van der Waals surface area (Å²) in [6.07, 6.45) is 1.43. The van der Waals surface area contributed by atoms with Crippen molar-refractivity contribution in [2.45, 2.75) is 6.92 Å². The molecule has 0 bridgehead atoms. The van der Waals surface area contributed by atoms with Crippen molar-refractivity contribution in [2.75, 3.05) is 6.54 Å². The summed E-state index contributed by atoms with van der Waals surface area (Å²) in [6, 6.07) is 12.9. The molecule has 9 heteroatoms. The highest BCUT2D eigenvalue weighted by atomic mass is 35.5. The molecule has 2 aromatic heterocycles. The number of para-hydroxylation sites is 1. The van der Waals surface area contributed by atoms with Crippen LogP contribution in [-0.2, 0) is 4.79 Å². The Morgan fingerprint density at radius 2 is 2.04 bits per heavy atom. The van der Waals surface area contributed by atoms with E-state index in [0.717, 1.165) is 5.69 Å². The second-order valence-corrected chi connectivity index (χ2v) is 6.80. The Morgan fingerprint density at radius 1 is 1.26 bits per heavy atom. The standard InChI is InChI=1S/C18H16ClN5O2S/c1-12-14(17(19)24(23-12)13-6-3-2-4-7-13)10-21-22-16(25)11-20-18(26)15-8-5-9-27-15/h2-10H,11H2,1H3,(H,20,26)(H,22,25)/b21-10-. The average molecular weight is 402 g/mol. The van der Waals surface area contributed by atoms with Crippen molar-refractivity contribution in [3.8, 4) is 5.69 Å². The van der Waals surface area contributed by atoms with E-state index in [1.165, 1.54) is 17.6 Å². The highest BCUT2D eigenvalue weighted by Crippen LogP contribution is 2.21. The first-order chi connectivity index (χ1) is 13.1. The molecule has 0 unspecified atom stereocenters. The summed E-state index contributed by atoms with van der Waals surface area (Å²) in [4.78, 5) is 24.1. The van der Waals surface area contributed by atoms with Crippen LogP contribution in [-0.4, -0.2) is 34.4 Å². The molecule has 1 aromatic carbocycles. The van der Waals surface area contributed by atoms with Gasteiger partial charge in [-0.1, -0.05) is 35.9 Å². The third-order valence-electron chi connectivity index (χ3n) is 3.59. The van der Waals surface area contributed by atoms with Crippen molar-refractivity contribution >= 4 is 41.0 Å². The normalized spacial score (nSPS) is 10.9. The van der Waals surface area contributed by atoms with Gasteiger partial charge in [0.2, 0.25) is 0 Å². The van der Waals surface area contributed by atoms with Gasteiger partial charge in [0.1, 0.15) is 5.15 Å². The number of thiophene rings is 1. The van der Waals surface area contributed by atoms with Crippen molar-refractivity contribution in [1.29, 1.82) is 0 Å². The molecular formula is C18H16ClN5O2S. The molecule has 0 aliphatic carbocycles. The van der Waals surface area contributed by atoms with Crippen molar-refractivity contribution in [3.05, 3.63) is 69.1 Å². The Labute approximate surface area is 164 Å². The van der Waals surface area contributed by atoms with Crippen LogP contribution in [0.5, 0.6) is 0 Å². The van der Waals surface area contributed by atoms with Crippen molar-refractivity contribution < 1.29 is 9.59 Å². The lowest BCUT2D eigenvalue weighted by atomic mass is 10.3. The SMILES string of the molecule is Cc1nn(-c2ccccc2)c(Cl)c1/C=N\NC(=O)CNC(=O)c1cccs1. The average Bonchev–Trinajstić information content (AvgIpc) is 3.31. The summed E-state index contributed by atoms with van der Waals surface area (Å²) in [5.41, 5.74) is 4.46. The van der Waals surface area contributed by atoms with Gasteiger partial charge in [-0.3, -0.25) is 9.59 Å². The lowest BCUT2D eigenvalue weighted by molar-refractivity contribution is -0.120. The zero-order valence-corrected chi connectivity index (χ0v) is 15.9.